The van der Waals surface area contributed by atoms with E-state index >= 15 is 0 Å². The fourth-order valence-corrected chi connectivity index (χ4v) is 2.85. The second kappa shape index (κ2) is 8.58. The minimum Gasteiger partial charge on any atom is -0.352 e. The lowest BCUT2D eigenvalue weighted by atomic mass is 10.1. The predicted molar refractivity (Wildman–Crippen MR) is 95.6 cm³/mol. The van der Waals surface area contributed by atoms with Gasteiger partial charge in [-0.25, -0.2) is 0 Å². The molecule has 0 aliphatic carbocycles. The van der Waals surface area contributed by atoms with Crippen molar-refractivity contribution in [2.45, 2.75) is 19.6 Å². The molecule has 2 N–H and O–H groups in total. The van der Waals surface area contributed by atoms with Gasteiger partial charge in [-0.15, -0.1) is 11.3 Å². The number of thiophene rings is 1. The Morgan fingerprint density at radius 3 is 2.64 bits per heavy atom. The highest BCUT2D eigenvalue weighted by Gasteiger charge is 2.30. The van der Waals surface area contributed by atoms with Crippen LogP contribution in [0.25, 0.3) is 0 Å². The summed E-state index contributed by atoms with van der Waals surface area (Å²) in [5, 5.41) is 6.17. The smallest absolute Gasteiger partial charge is 0.352 e. The molecule has 25 heavy (non-hydrogen) atoms. The van der Waals surface area contributed by atoms with Gasteiger partial charge in [0.05, 0.1) is 18.7 Å². The van der Waals surface area contributed by atoms with E-state index in [1.165, 1.54) is 15.8 Å². The molecule has 0 saturated carbocycles. The highest BCUT2D eigenvalue weighted by Crippen LogP contribution is 2.29. The number of hydrogen-bond acceptors (Lipinski definition) is 2. The molecule has 0 saturated heterocycles. The predicted octanol–water partition coefficient (Wildman–Crippen LogP) is 3.79. The number of guanidine groups is 1. The van der Waals surface area contributed by atoms with Gasteiger partial charge >= 0.3 is 6.18 Å². The maximum atomic E-state index is 12.7. The Bertz CT molecular complexity index is 798. The summed E-state index contributed by atoms with van der Waals surface area (Å²) >= 11 is 1.70. The molecule has 0 aliphatic heterocycles. The Kier molecular flexibility index (Phi) is 6.48. The Morgan fingerprint density at radius 1 is 1.20 bits per heavy atom. The molecule has 2 rings (SSSR count). The van der Waals surface area contributed by atoms with E-state index in [0.29, 0.717) is 18.1 Å². The van der Waals surface area contributed by atoms with E-state index in [0.717, 1.165) is 12.1 Å². The molecule has 0 bridgehead atoms. The summed E-state index contributed by atoms with van der Waals surface area (Å²) in [6, 6.07) is 9.07. The molecule has 0 amide bonds. The second-order valence-electron chi connectivity index (χ2n) is 5.17. The average Bonchev–Trinajstić information content (AvgIpc) is 2.99. The molecule has 3 nitrogen and oxygen atoms in total. The van der Waals surface area contributed by atoms with Crippen LogP contribution in [-0.4, -0.2) is 19.6 Å². The molecule has 0 fully saturated rings. The zero-order valence-corrected chi connectivity index (χ0v) is 14.7. The van der Waals surface area contributed by atoms with E-state index in [9.17, 15) is 13.2 Å². The van der Waals surface area contributed by atoms with Crippen LogP contribution in [0.5, 0.6) is 0 Å². The molecule has 132 valence electrons. The first-order valence-corrected chi connectivity index (χ1v) is 8.36. The Labute approximate surface area is 149 Å². The van der Waals surface area contributed by atoms with Gasteiger partial charge in [-0.05, 0) is 37.3 Å². The molecule has 1 aromatic heterocycles. The summed E-state index contributed by atoms with van der Waals surface area (Å²) in [5.41, 5.74) is -0.371. The van der Waals surface area contributed by atoms with Crippen LogP contribution in [-0.2, 0) is 12.7 Å². The summed E-state index contributed by atoms with van der Waals surface area (Å²) in [4.78, 5) is 6.52. The van der Waals surface area contributed by atoms with Crippen LogP contribution in [0.15, 0.2) is 41.4 Å². The molecular formula is C18H18F3N3S. The van der Waals surface area contributed by atoms with Crippen molar-refractivity contribution in [3.63, 3.8) is 0 Å². The van der Waals surface area contributed by atoms with Crippen molar-refractivity contribution in [2.75, 3.05) is 13.6 Å². The van der Waals surface area contributed by atoms with Crippen molar-refractivity contribution in [3.05, 3.63) is 57.3 Å². The molecule has 0 radical (unpaired) electrons. The fraction of sp³-hybridized carbons (Fsp3) is 0.278. The highest BCUT2D eigenvalue weighted by atomic mass is 32.1. The molecule has 0 unspecified atom stereocenters. The number of nitrogens with one attached hydrogen (secondary N) is 2. The number of aryl methyl sites for hydroxylation is 1. The number of hydrogen-bond donors (Lipinski definition) is 2. The number of aliphatic imine (C=N–C) groups is 1. The first-order chi connectivity index (χ1) is 11.9. The maximum absolute atomic E-state index is 12.7. The second-order valence-corrected chi connectivity index (χ2v) is 6.54. The molecule has 0 spiro atoms. The largest absolute Gasteiger partial charge is 0.416 e. The van der Waals surface area contributed by atoms with Gasteiger partial charge in [-0.1, -0.05) is 17.9 Å². The highest BCUT2D eigenvalue weighted by molar-refractivity contribution is 7.11. The molecule has 1 heterocycles. The van der Waals surface area contributed by atoms with Crippen molar-refractivity contribution >= 4 is 17.3 Å². The summed E-state index contributed by atoms with van der Waals surface area (Å²) in [5.74, 6) is 6.11. The van der Waals surface area contributed by atoms with E-state index in [2.05, 4.69) is 33.5 Å². The standard InChI is InChI=1S/C18H18F3N3S/c1-13-8-9-16(25-13)12-24-17(22-2)23-10-4-6-14-5-3-7-15(11-14)18(19,20)21/h3,5,7-9,11H,10,12H2,1-2H3,(H2,22,23,24). The van der Waals surface area contributed by atoms with Gasteiger partial charge in [0, 0.05) is 22.4 Å². The van der Waals surface area contributed by atoms with Crippen LogP contribution in [0.2, 0.25) is 0 Å². The molecule has 7 heteroatoms. The van der Waals surface area contributed by atoms with Gasteiger partial charge in [-0.3, -0.25) is 4.99 Å². The van der Waals surface area contributed by atoms with Gasteiger partial charge < -0.3 is 10.6 Å². The monoisotopic (exact) mass is 365 g/mol. The molecule has 1 aromatic carbocycles. The van der Waals surface area contributed by atoms with Crippen LogP contribution < -0.4 is 10.6 Å². The van der Waals surface area contributed by atoms with Crippen molar-refractivity contribution in [1.29, 1.82) is 0 Å². The quantitative estimate of drug-likeness (QED) is 0.493. The number of benzene rings is 1. The topological polar surface area (TPSA) is 36.4 Å². The van der Waals surface area contributed by atoms with Crippen molar-refractivity contribution in [3.8, 4) is 11.8 Å². The fourth-order valence-electron chi connectivity index (χ4n) is 2.02. The number of halogens is 3. The van der Waals surface area contributed by atoms with Gasteiger partial charge in [0.1, 0.15) is 0 Å². The van der Waals surface area contributed by atoms with Gasteiger partial charge in [0.15, 0.2) is 5.96 Å². The number of nitrogens with zero attached hydrogens (tertiary/aromatic N) is 1. The first-order valence-electron chi connectivity index (χ1n) is 7.54. The minimum atomic E-state index is -4.36. The lowest BCUT2D eigenvalue weighted by Gasteiger charge is -2.08. The van der Waals surface area contributed by atoms with Crippen molar-refractivity contribution < 1.29 is 13.2 Å². The third-order valence-electron chi connectivity index (χ3n) is 3.22. The van der Waals surface area contributed by atoms with Gasteiger partial charge in [0.25, 0.3) is 0 Å². The molecule has 0 aliphatic rings. The van der Waals surface area contributed by atoms with E-state index < -0.39 is 11.7 Å². The number of alkyl halides is 3. The Hall–Kier alpha value is -2.46. The third kappa shape index (κ3) is 6.16. The van der Waals surface area contributed by atoms with Crippen LogP contribution in [0.3, 0.4) is 0 Å². The van der Waals surface area contributed by atoms with Gasteiger partial charge in [-0.2, -0.15) is 13.2 Å². The van der Waals surface area contributed by atoms with Crippen LogP contribution in [0.4, 0.5) is 13.2 Å². The Morgan fingerprint density at radius 2 is 2.00 bits per heavy atom. The van der Waals surface area contributed by atoms with E-state index in [4.69, 9.17) is 0 Å². The zero-order valence-electron chi connectivity index (χ0n) is 13.9. The van der Waals surface area contributed by atoms with E-state index in [1.54, 1.807) is 24.5 Å². The normalized spacial score (nSPS) is 11.6. The summed E-state index contributed by atoms with van der Waals surface area (Å²) in [7, 11) is 1.65. The van der Waals surface area contributed by atoms with Gasteiger partial charge in [0.2, 0.25) is 0 Å². The molecular weight excluding hydrogens is 347 g/mol. The lowest BCUT2D eigenvalue weighted by Crippen LogP contribution is -2.36. The van der Waals surface area contributed by atoms with E-state index in [-0.39, 0.29) is 6.54 Å². The van der Waals surface area contributed by atoms with Crippen molar-refractivity contribution in [2.24, 2.45) is 4.99 Å². The summed E-state index contributed by atoms with van der Waals surface area (Å²) in [6.45, 7) is 2.98. The molecule has 0 atom stereocenters. The van der Waals surface area contributed by atoms with Crippen LogP contribution in [0.1, 0.15) is 20.9 Å². The first kappa shape index (κ1) is 18.9. The minimum absolute atomic E-state index is 0.277. The summed E-state index contributed by atoms with van der Waals surface area (Å²) < 4.78 is 38.0. The third-order valence-corrected chi connectivity index (χ3v) is 4.22. The maximum Gasteiger partial charge on any atom is 0.416 e. The SMILES string of the molecule is CN=C(NCC#Cc1cccc(C(F)(F)F)c1)NCc1ccc(C)s1. The Balaban J connectivity index is 1.86. The molecule has 2 aromatic rings. The summed E-state index contributed by atoms with van der Waals surface area (Å²) in [6.07, 6.45) is -4.36. The lowest BCUT2D eigenvalue weighted by molar-refractivity contribution is -0.137. The van der Waals surface area contributed by atoms with Crippen molar-refractivity contribution in [1.82, 2.24) is 10.6 Å². The number of rotatable bonds is 3. The van der Waals surface area contributed by atoms with E-state index in [1.807, 2.05) is 13.0 Å². The van der Waals surface area contributed by atoms with Crippen LogP contribution >= 0.6 is 11.3 Å². The zero-order chi connectivity index (χ0) is 18.3. The average molecular weight is 365 g/mol. The van der Waals surface area contributed by atoms with Crippen LogP contribution in [0, 0.1) is 18.8 Å².